The first-order chi connectivity index (χ1) is 11.6. The lowest BCUT2D eigenvalue weighted by Crippen LogP contribution is -2.32. The lowest BCUT2D eigenvalue weighted by atomic mass is 10.0. The van der Waals surface area contributed by atoms with Crippen LogP contribution in [-0.4, -0.2) is 34.5 Å². The number of aliphatic hydroxyl groups excluding tert-OH is 2. The van der Waals surface area contributed by atoms with Gasteiger partial charge in [0.15, 0.2) is 0 Å². The minimum Gasteiger partial charge on any atom is -0.508 e. The molecule has 0 aliphatic carbocycles. The molecule has 0 heterocycles. The van der Waals surface area contributed by atoms with Gasteiger partial charge in [0.25, 0.3) is 0 Å². The molecular formula is C19H26N2O3. The van der Waals surface area contributed by atoms with Gasteiger partial charge in [0, 0.05) is 30.4 Å². The molecule has 0 radical (unpaired) electrons. The Morgan fingerprint density at radius 3 is 2.54 bits per heavy atom. The van der Waals surface area contributed by atoms with E-state index >= 15 is 0 Å². The minimum atomic E-state index is -0.680. The number of rotatable bonds is 9. The molecule has 0 spiro atoms. The van der Waals surface area contributed by atoms with E-state index in [-0.39, 0.29) is 18.4 Å². The molecule has 5 heteroatoms. The Balaban J connectivity index is 1.73. The Hall–Kier alpha value is -2.08. The molecule has 2 aromatic rings. The van der Waals surface area contributed by atoms with Crippen LogP contribution in [-0.2, 0) is 6.61 Å². The summed E-state index contributed by atoms with van der Waals surface area (Å²) in [4.78, 5) is 0. The zero-order valence-corrected chi connectivity index (χ0v) is 13.9. The monoisotopic (exact) mass is 330 g/mol. The summed E-state index contributed by atoms with van der Waals surface area (Å²) in [6.45, 7) is 3.10. The molecule has 2 atom stereocenters. The highest BCUT2D eigenvalue weighted by Gasteiger charge is 2.11. The number of hydrogen-bond acceptors (Lipinski definition) is 5. The summed E-state index contributed by atoms with van der Waals surface area (Å²) < 4.78 is 0. The van der Waals surface area contributed by atoms with E-state index in [4.69, 9.17) is 5.11 Å². The van der Waals surface area contributed by atoms with Crippen LogP contribution in [0, 0.1) is 0 Å². The molecule has 0 amide bonds. The van der Waals surface area contributed by atoms with Gasteiger partial charge in [-0.3, -0.25) is 0 Å². The average molecular weight is 330 g/mol. The first-order valence-electron chi connectivity index (χ1n) is 8.23. The number of phenols is 1. The summed E-state index contributed by atoms with van der Waals surface area (Å²) in [5.41, 5.74) is 2.20. The fraction of sp³-hybridized carbons (Fsp3) is 0.368. The molecule has 5 nitrogen and oxygen atoms in total. The van der Waals surface area contributed by atoms with Gasteiger partial charge in [0.1, 0.15) is 5.75 Å². The van der Waals surface area contributed by atoms with Crippen molar-refractivity contribution in [2.24, 2.45) is 0 Å². The largest absolute Gasteiger partial charge is 0.508 e. The van der Waals surface area contributed by atoms with E-state index < -0.39 is 6.10 Å². The van der Waals surface area contributed by atoms with Crippen molar-refractivity contribution in [1.82, 2.24) is 5.32 Å². The summed E-state index contributed by atoms with van der Waals surface area (Å²) in [5, 5.41) is 35.6. The number of para-hydroxylation sites is 1. The lowest BCUT2D eigenvalue weighted by molar-refractivity contribution is 0.170. The molecule has 24 heavy (non-hydrogen) atoms. The number of hydrogen-bond donors (Lipinski definition) is 5. The molecule has 2 aromatic carbocycles. The highest BCUT2D eigenvalue weighted by Crippen LogP contribution is 2.22. The topological polar surface area (TPSA) is 84.8 Å². The van der Waals surface area contributed by atoms with Crippen LogP contribution in [0.5, 0.6) is 5.75 Å². The van der Waals surface area contributed by atoms with Gasteiger partial charge in [-0.25, -0.2) is 0 Å². The smallest absolute Gasteiger partial charge is 0.121 e. The van der Waals surface area contributed by atoms with E-state index in [0.29, 0.717) is 17.7 Å². The van der Waals surface area contributed by atoms with Crippen LogP contribution < -0.4 is 10.6 Å². The van der Waals surface area contributed by atoms with Crippen LogP contribution in [0.15, 0.2) is 48.5 Å². The zero-order valence-electron chi connectivity index (χ0n) is 13.9. The fourth-order valence-corrected chi connectivity index (χ4v) is 2.46. The molecular weight excluding hydrogens is 304 g/mol. The van der Waals surface area contributed by atoms with E-state index in [1.807, 2.05) is 30.3 Å². The second-order valence-corrected chi connectivity index (χ2v) is 5.95. The van der Waals surface area contributed by atoms with E-state index in [0.717, 1.165) is 18.7 Å². The normalized spacial score (nSPS) is 13.5. The maximum atomic E-state index is 10.2. The van der Waals surface area contributed by atoms with Crippen LogP contribution in [0.3, 0.4) is 0 Å². The molecule has 0 saturated carbocycles. The van der Waals surface area contributed by atoms with Crippen LogP contribution in [0.1, 0.15) is 30.6 Å². The molecule has 130 valence electrons. The lowest BCUT2D eigenvalue weighted by Gasteiger charge is -2.18. The van der Waals surface area contributed by atoms with Crippen LogP contribution in [0.4, 0.5) is 5.69 Å². The molecule has 5 N–H and O–H groups in total. The molecule has 2 unspecified atom stereocenters. The van der Waals surface area contributed by atoms with Gasteiger partial charge < -0.3 is 26.0 Å². The Morgan fingerprint density at radius 1 is 1.08 bits per heavy atom. The van der Waals surface area contributed by atoms with Crippen molar-refractivity contribution in [2.45, 2.75) is 32.1 Å². The zero-order chi connectivity index (χ0) is 17.4. The number of benzene rings is 2. The Kier molecular flexibility index (Phi) is 7.06. The van der Waals surface area contributed by atoms with Crippen molar-refractivity contribution in [3.8, 4) is 5.75 Å². The quantitative estimate of drug-likeness (QED) is 0.487. The van der Waals surface area contributed by atoms with Gasteiger partial charge in [0.05, 0.1) is 12.7 Å². The van der Waals surface area contributed by atoms with Gasteiger partial charge in [-0.1, -0.05) is 24.3 Å². The van der Waals surface area contributed by atoms with Crippen molar-refractivity contribution in [1.29, 1.82) is 0 Å². The number of nitrogens with one attached hydrogen (secondary N) is 2. The van der Waals surface area contributed by atoms with Crippen LogP contribution >= 0.6 is 0 Å². The van der Waals surface area contributed by atoms with Crippen molar-refractivity contribution >= 4 is 5.69 Å². The Bertz CT molecular complexity index is 619. The predicted octanol–water partition coefficient (Wildman–Crippen LogP) is 2.40. The molecule has 0 aliphatic heterocycles. The van der Waals surface area contributed by atoms with E-state index in [1.54, 1.807) is 12.1 Å². The number of aromatic hydroxyl groups is 1. The fourth-order valence-electron chi connectivity index (χ4n) is 2.46. The second kappa shape index (κ2) is 9.27. The Labute approximate surface area is 143 Å². The third-order valence-electron chi connectivity index (χ3n) is 4.00. The highest BCUT2D eigenvalue weighted by molar-refractivity contribution is 5.42. The molecule has 0 aliphatic rings. The van der Waals surface area contributed by atoms with Gasteiger partial charge in [0.2, 0.25) is 0 Å². The van der Waals surface area contributed by atoms with E-state index in [9.17, 15) is 10.2 Å². The van der Waals surface area contributed by atoms with E-state index in [2.05, 4.69) is 17.6 Å². The maximum Gasteiger partial charge on any atom is 0.121 e. The van der Waals surface area contributed by atoms with Gasteiger partial charge in [-0.15, -0.1) is 0 Å². The predicted molar refractivity (Wildman–Crippen MR) is 96.0 cm³/mol. The third-order valence-corrected chi connectivity index (χ3v) is 4.00. The molecule has 0 bridgehead atoms. The minimum absolute atomic E-state index is 0.0433. The second-order valence-electron chi connectivity index (χ2n) is 5.95. The number of aliphatic hydroxyl groups is 2. The van der Waals surface area contributed by atoms with Gasteiger partial charge in [-0.2, -0.15) is 0 Å². The van der Waals surface area contributed by atoms with E-state index in [1.165, 1.54) is 6.07 Å². The Morgan fingerprint density at radius 2 is 1.83 bits per heavy atom. The van der Waals surface area contributed by atoms with Gasteiger partial charge >= 0.3 is 0 Å². The molecule has 0 saturated heterocycles. The molecule has 2 rings (SSSR count). The van der Waals surface area contributed by atoms with Crippen LogP contribution in [0.25, 0.3) is 0 Å². The third kappa shape index (κ3) is 5.53. The SMILES string of the molecule is CC(CCNc1ccccc1)NCC(O)c1ccc(O)c(CO)c1. The maximum absolute atomic E-state index is 10.2. The summed E-state index contributed by atoms with van der Waals surface area (Å²) in [6.07, 6.45) is 0.249. The van der Waals surface area contributed by atoms with Crippen molar-refractivity contribution in [3.05, 3.63) is 59.7 Å². The molecule has 0 fully saturated rings. The van der Waals surface area contributed by atoms with Crippen molar-refractivity contribution in [2.75, 3.05) is 18.4 Å². The van der Waals surface area contributed by atoms with Crippen molar-refractivity contribution in [3.63, 3.8) is 0 Å². The highest BCUT2D eigenvalue weighted by atomic mass is 16.3. The summed E-state index contributed by atoms with van der Waals surface area (Å²) in [5.74, 6) is 0.0433. The van der Waals surface area contributed by atoms with Gasteiger partial charge in [-0.05, 0) is 43.2 Å². The molecule has 0 aromatic heterocycles. The number of anilines is 1. The first kappa shape index (κ1) is 18.3. The first-order valence-corrected chi connectivity index (χ1v) is 8.23. The summed E-state index contributed by atoms with van der Waals surface area (Å²) in [7, 11) is 0. The summed E-state index contributed by atoms with van der Waals surface area (Å²) in [6, 6.07) is 15.1. The average Bonchev–Trinajstić information content (AvgIpc) is 2.61. The van der Waals surface area contributed by atoms with Crippen LogP contribution in [0.2, 0.25) is 0 Å². The standard InChI is InChI=1S/C19H26N2O3/c1-14(9-10-20-17-5-3-2-4-6-17)21-12-19(24)15-7-8-18(23)16(11-15)13-22/h2-8,11,14,19-24H,9-10,12-13H2,1H3. The summed E-state index contributed by atoms with van der Waals surface area (Å²) >= 11 is 0. The van der Waals surface area contributed by atoms with Crippen molar-refractivity contribution < 1.29 is 15.3 Å².